The van der Waals surface area contributed by atoms with E-state index in [0.29, 0.717) is 47.1 Å². The first-order valence-electron chi connectivity index (χ1n) is 17.0. The second-order valence-corrected chi connectivity index (χ2v) is 12.0. The molecule has 4 amide bonds. The fraction of sp³-hybridized carbons (Fsp3) is 0.342. The van der Waals surface area contributed by atoms with Gasteiger partial charge in [-0.05, 0) is 118 Å². The molecular formula is C38H46N6O4. The van der Waals surface area contributed by atoms with E-state index in [1.165, 1.54) is 24.8 Å². The fourth-order valence-corrected chi connectivity index (χ4v) is 5.67. The SMILES string of the molecule is CCCCCNC(=O)Nc1ccc(Oc2ccc(NC(=O)c3ccc(-n4ccc(CN5CCCCC5)c4)cc3)cc2)c(C(=O)NCC)c1. The lowest BCUT2D eigenvalue weighted by Crippen LogP contribution is -2.29. The minimum absolute atomic E-state index is 0.218. The van der Waals surface area contributed by atoms with Crippen LogP contribution >= 0.6 is 0 Å². The largest absolute Gasteiger partial charge is 0.457 e. The summed E-state index contributed by atoms with van der Waals surface area (Å²) in [5.41, 5.74) is 4.22. The first-order valence-corrected chi connectivity index (χ1v) is 17.0. The van der Waals surface area contributed by atoms with Crippen molar-refractivity contribution in [2.45, 2.75) is 58.9 Å². The van der Waals surface area contributed by atoms with Gasteiger partial charge in [-0.2, -0.15) is 0 Å². The van der Waals surface area contributed by atoms with E-state index in [1.807, 2.05) is 31.2 Å². The Kier molecular flexibility index (Phi) is 12.3. The van der Waals surface area contributed by atoms with Gasteiger partial charge in [0.05, 0.1) is 5.56 Å². The minimum Gasteiger partial charge on any atom is -0.457 e. The summed E-state index contributed by atoms with van der Waals surface area (Å²) in [5.74, 6) is 0.297. The zero-order chi connectivity index (χ0) is 33.7. The van der Waals surface area contributed by atoms with Gasteiger partial charge in [-0.15, -0.1) is 0 Å². The van der Waals surface area contributed by atoms with Gasteiger partial charge < -0.3 is 30.6 Å². The highest BCUT2D eigenvalue weighted by Crippen LogP contribution is 2.29. The fourth-order valence-electron chi connectivity index (χ4n) is 5.67. The van der Waals surface area contributed by atoms with Gasteiger partial charge in [0.1, 0.15) is 11.5 Å². The molecule has 48 heavy (non-hydrogen) atoms. The summed E-state index contributed by atoms with van der Waals surface area (Å²) in [6.07, 6.45) is 11.1. The molecule has 4 aromatic rings. The molecule has 0 spiro atoms. The maximum atomic E-state index is 13.0. The van der Waals surface area contributed by atoms with Crippen molar-refractivity contribution in [3.05, 3.63) is 102 Å². The van der Waals surface area contributed by atoms with Crippen molar-refractivity contribution in [2.24, 2.45) is 0 Å². The number of anilines is 2. The molecule has 1 aliphatic heterocycles. The molecule has 1 aliphatic rings. The van der Waals surface area contributed by atoms with Crippen LogP contribution < -0.4 is 26.0 Å². The number of likely N-dealkylation sites (tertiary alicyclic amines) is 1. The average Bonchev–Trinajstić information content (AvgIpc) is 3.57. The van der Waals surface area contributed by atoms with E-state index < -0.39 is 0 Å². The standard InChI is InChI=1S/C38H46N6O4/c1-3-5-7-21-40-38(47)42-31-14-19-35(34(25-31)37(46)39-4-2)48-33-17-12-30(13-18-33)41-36(45)29-10-15-32(16-11-29)44-24-20-28(27-44)26-43-22-8-6-9-23-43/h10-20,24-25,27H,3-9,21-23,26H2,1-2H3,(H,39,46)(H,41,45)(H2,40,42,47). The van der Waals surface area contributed by atoms with Crippen LogP contribution in [0.15, 0.2) is 85.2 Å². The monoisotopic (exact) mass is 650 g/mol. The summed E-state index contributed by atoms with van der Waals surface area (Å²) in [4.78, 5) is 40.7. The number of unbranched alkanes of at least 4 members (excludes halogenated alkanes) is 2. The van der Waals surface area contributed by atoms with Gasteiger partial charge in [0.2, 0.25) is 0 Å². The van der Waals surface area contributed by atoms with Crippen LogP contribution in [0.5, 0.6) is 11.5 Å². The second kappa shape index (κ2) is 17.2. The number of carbonyl (C=O) groups excluding carboxylic acids is 3. The van der Waals surface area contributed by atoms with Gasteiger partial charge in [0.15, 0.2) is 0 Å². The zero-order valence-electron chi connectivity index (χ0n) is 27.9. The topological polar surface area (TPSA) is 117 Å². The molecule has 5 rings (SSSR count). The molecule has 10 heteroatoms. The van der Waals surface area contributed by atoms with Crippen LogP contribution in [0.25, 0.3) is 5.69 Å². The molecule has 2 heterocycles. The summed E-state index contributed by atoms with van der Waals surface area (Å²) in [6, 6.07) is 21.3. The molecule has 252 valence electrons. The number of piperidine rings is 1. The van der Waals surface area contributed by atoms with Crippen LogP contribution in [0.2, 0.25) is 0 Å². The summed E-state index contributed by atoms with van der Waals surface area (Å²) < 4.78 is 8.16. The Bertz CT molecular complexity index is 1660. The van der Waals surface area contributed by atoms with Gasteiger partial charge in [-0.25, -0.2) is 4.79 Å². The quantitative estimate of drug-likeness (QED) is 0.105. The Morgan fingerprint density at radius 3 is 2.25 bits per heavy atom. The third-order valence-electron chi connectivity index (χ3n) is 8.26. The summed E-state index contributed by atoms with van der Waals surface area (Å²) in [7, 11) is 0. The van der Waals surface area contributed by atoms with E-state index in [4.69, 9.17) is 4.74 Å². The highest BCUT2D eigenvalue weighted by molar-refractivity contribution is 6.04. The number of nitrogens with one attached hydrogen (secondary N) is 4. The second-order valence-electron chi connectivity index (χ2n) is 12.0. The van der Waals surface area contributed by atoms with Crippen LogP contribution in [-0.4, -0.2) is 53.5 Å². The van der Waals surface area contributed by atoms with Crippen molar-refractivity contribution in [3.8, 4) is 17.2 Å². The lowest BCUT2D eigenvalue weighted by Gasteiger charge is -2.25. The third-order valence-corrected chi connectivity index (χ3v) is 8.26. The smallest absolute Gasteiger partial charge is 0.319 e. The number of urea groups is 1. The number of benzene rings is 3. The van der Waals surface area contributed by atoms with Crippen molar-refractivity contribution in [2.75, 3.05) is 36.8 Å². The van der Waals surface area contributed by atoms with Gasteiger partial charge in [0.25, 0.3) is 11.8 Å². The molecular weight excluding hydrogens is 604 g/mol. The molecule has 0 unspecified atom stereocenters. The van der Waals surface area contributed by atoms with Gasteiger partial charge in [0, 0.05) is 54.7 Å². The average molecular weight is 651 g/mol. The number of rotatable bonds is 14. The van der Waals surface area contributed by atoms with Gasteiger partial charge in [-0.1, -0.05) is 26.2 Å². The molecule has 10 nitrogen and oxygen atoms in total. The summed E-state index contributed by atoms with van der Waals surface area (Å²) in [6.45, 7) is 8.26. The molecule has 0 saturated carbocycles. The number of nitrogens with zero attached hydrogens (tertiary/aromatic N) is 2. The first kappa shape index (κ1) is 34.3. The van der Waals surface area contributed by atoms with E-state index in [0.717, 1.165) is 44.6 Å². The van der Waals surface area contributed by atoms with Crippen LogP contribution in [-0.2, 0) is 6.54 Å². The Balaban J connectivity index is 1.17. The number of amides is 4. The Morgan fingerprint density at radius 2 is 1.52 bits per heavy atom. The molecule has 1 fully saturated rings. The van der Waals surface area contributed by atoms with Crippen LogP contribution in [0.1, 0.15) is 78.7 Å². The maximum absolute atomic E-state index is 13.0. The number of hydrogen-bond donors (Lipinski definition) is 4. The van der Waals surface area contributed by atoms with Crippen molar-refractivity contribution in [3.63, 3.8) is 0 Å². The lowest BCUT2D eigenvalue weighted by molar-refractivity contribution is 0.0952. The van der Waals surface area contributed by atoms with Crippen molar-refractivity contribution in [1.29, 1.82) is 0 Å². The minimum atomic E-state index is -0.326. The highest BCUT2D eigenvalue weighted by atomic mass is 16.5. The highest BCUT2D eigenvalue weighted by Gasteiger charge is 2.16. The van der Waals surface area contributed by atoms with Gasteiger partial charge >= 0.3 is 6.03 Å². The summed E-state index contributed by atoms with van der Waals surface area (Å²) >= 11 is 0. The molecule has 0 atom stereocenters. The Hall–Kier alpha value is -5.09. The predicted molar refractivity (Wildman–Crippen MR) is 190 cm³/mol. The molecule has 1 saturated heterocycles. The number of ether oxygens (including phenoxy) is 1. The Morgan fingerprint density at radius 1 is 0.771 bits per heavy atom. The van der Waals surface area contributed by atoms with Crippen molar-refractivity contribution >= 4 is 29.2 Å². The number of aromatic nitrogens is 1. The predicted octanol–water partition coefficient (Wildman–Crippen LogP) is 7.57. The normalized spacial score (nSPS) is 13.0. The molecule has 0 radical (unpaired) electrons. The molecule has 0 aliphatic carbocycles. The van der Waals surface area contributed by atoms with E-state index in [9.17, 15) is 14.4 Å². The first-order chi connectivity index (χ1) is 23.4. The Labute approximate surface area is 282 Å². The molecule has 0 bridgehead atoms. The molecule has 1 aromatic heterocycles. The lowest BCUT2D eigenvalue weighted by atomic mass is 10.1. The van der Waals surface area contributed by atoms with Gasteiger partial charge in [-0.3, -0.25) is 14.5 Å². The van der Waals surface area contributed by atoms with E-state index in [2.05, 4.69) is 56.1 Å². The van der Waals surface area contributed by atoms with E-state index in [-0.39, 0.29) is 17.8 Å². The molecule has 3 aromatic carbocycles. The van der Waals surface area contributed by atoms with Crippen LogP contribution in [0.4, 0.5) is 16.2 Å². The van der Waals surface area contributed by atoms with Crippen LogP contribution in [0, 0.1) is 0 Å². The maximum Gasteiger partial charge on any atom is 0.319 e. The third kappa shape index (κ3) is 9.71. The number of hydrogen-bond acceptors (Lipinski definition) is 5. The summed E-state index contributed by atoms with van der Waals surface area (Å²) in [5, 5.41) is 11.3. The van der Waals surface area contributed by atoms with Crippen LogP contribution in [0.3, 0.4) is 0 Å². The van der Waals surface area contributed by atoms with Crippen molar-refractivity contribution < 1.29 is 19.1 Å². The zero-order valence-corrected chi connectivity index (χ0v) is 27.9. The van der Waals surface area contributed by atoms with E-state index in [1.54, 1.807) is 42.5 Å². The molecule has 4 N–H and O–H groups in total. The number of carbonyl (C=O) groups is 3. The van der Waals surface area contributed by atoms with Crippen molar-refractivity contribution in [1.82, 2.24) is 20.1 Å². The van der Waals surface area contributed by atoms with E-state index >= 15 is 0 Å².